The Bertz CT molecular complexity index is 830. The monoisotopic (exact) mass is 350 g/mol. The van der Waals surface area contributed by atoms with E-state index in [4.69, 9.17) is 25.6 Å². The Morgan fingerprint density at radius 2 is 2.13 bits per heavy atom. The highest BCUT2D eigenvalue weighted by Gasteiger charge is 2.15. The SMILES string of the molecule is COc1ccccc1-c1noc(COC(=O)c2ccc(Cl)s2)n1. The number of hydrogen-bond donors (Lipinski definition) is 0. The van der Waals surface area contributed by atoms with E-state index in [9.17, 15) is 4.79 Å². The largest absolute Gasteiger partial charge is 0.496 e. The Morgan fingerprint density at radius 1 is 1.30 bits per heavy atom. The molecular weight excluding hydrogens is 340 g/mol. The average Bonchev–Trinajstić information content (AvgIpc) is 3.21. The molecule has 0 bridgehead atoms. The Balaban J connectivity index is 1.69. The molecule has 0 fully saturated rings. The van der Waals surface area contributed by atoms with Crippen LogP contribution in [-0.2, 0) is 11.3 Å². The van der Waals surface area contributed by atoms with Gasteiger partial charge in [-0.1, -0.05) is 28.9 Å². The summed E-state index contributed by atoms with van der Waals surface area (Å²) >= 11 is 6.93. The second kappa shape index (κ2) is 6.80. The zero-order valence-electron chi connectivity index (χ0n) is 12.0. The van der Waals surface area contributed by atoms with Gasteiger partial charge in [0.15, 0.2) is 6.61 Å². The van der Waals surface area contributed by atoms with E-state index in [0.717, 1.165) is 11.3 Å². The summed E-state index contributed by atoms with van der Waals surface area (Å²) in [4.78, 5) is 16.4. The predicted molar refractivity (Wildman–Crippen MR) is 84.7 cm³/mol. The van der Waals surface area contributed by atoms with E-state index in [-0.39, 0.29) is 12.5 Å². The van der Waals surface area contributed by atoms with Crippen molar-refractivity contribution < 1.29 is 18.8 Å². The molecule has 0 amide bonds. The number of aromatic nitrogens is 2. The van der Waals surface area contributed by atoms with Crippen LogP contribution in [0.25, 0.3) is 11.4 Å². The number of benzene rings is 1. The molecule has 0 aliphatic heterocycles. The summed E-state index contributed by atoms with van der Waals surface area (Å²) in [6.45, 7) is -0.115. The van der Waals surface area contributed by atoms with E-state index in [1.54, 1.807) is 25.3 Å². The molecule has 8 heteroatoms. The van der Waals surface area contributed by atoms with Crippen molar-refractivity contribution in [2.45, 2.75) is 6.61 Å². The minimum absolute atomic E-state index is 0.115. The van der Waals surface area contributed by atoms with Gasteiger partial charge < -0.3 is 14.0 Å². The molecule has 3 rings (SSSR count). The first-order valence-corrected chi connectivity index (χ1v) is 7.75. The number of halogens is 1. The fourth-order valence-corrected chi connectivity index (χ4v) is 2.81. The standard InChI is InChI=1S/C15H11ClN2O4S/c1-20-10-5-3-2-4-9(10)14-17-13(22-18-14)8-21-15(19)11-6-7-12(16)23-11/h2-7H,8H2,1H3. The van der Waals surface area contributed by atoms with E-state index in [0.29, 0.717) is 26.4 Å². The summed E-state index contributed by atoms with van der Waals surface area (Å²) in [6, 6.07) is 10.5. The van der Waals surface area contributed by atoms with Crippen molar-refractivity contribution >= 4 is 28.9 Å². The Kier molecular flexibility index (Phi) is 4.59. The van der Waals surface area contributed by atoms with Gasteiger partial charge in [0.25, 0.3) is 5.89 Å². The number of hydrogen-bond acceptors (Lipinski definition) is 7. The highest BCUT2D eigenvalue weighted by molar-refractivity contribution is 7.17. The van der Waals surface area contributed by atoms with Gasteiger partial charge in [-0.15, -0.1) is 11.3 Å². The number of methoxy groups -OCH3 is 1. The van der Waals surface area contributed by atoms with Gasteiger partial charge in [0.1, 0.15) is 10.6 Å². The number of rotatable bonds is 5. The minimum Gasteiger partial charge on any atom is -0.496 e. The van der Waals surface area contributed by atoms with Gasteiger partial charge in [-0.2, -0.15) is 4.98 Å². The molecule has 0 N–H and O–H groups in total. The lowest BCUT2D eigenvalue weighted by molar-refractivity contribution is 0.0435. The molecule has 0 saturated heterocycles. The molecule has 0 aliphatic rings. The lowest BCUT2D eigenvalue weighted by Crippen LogP contribution is -2.03. The van der Waals surface area contributed by atoms with Gasteiger partial charge in [0.2, 0.25) is 5.82 Å². The van der Waals surface area contributed by atoms with Gasteiger partial charge >= 0.3 is 5.97 Å². The molecule has 0 saturated carbocycles. The predicted octanol–water partition coefficient (Wildman–Crippen LogP) is 3.82. The molecule has 1 aromatic carbocycles. The minimum atomic E-state index is -0.487. The van der Waals surface area contributed by atoms with E-state index < -0.39 is 5.97 Å². The third kappa shape index (κ3) is 3.52. The molecule has 118 valence electrons. The van der Waals surface area contributed by atoms with Crippen LogP contribution in [0.3, 0.4) is 0 Å². The summed E-state index contributed by atoms with van der Waals surface area (Å²) in [5, 5.41) is 3.87. The lowest BCUT2D eigenvalue weighted by Gasteiger charge is -2.03. The molecule has 0 radical (unpaired) electrons. The normalized spacial score (nSPS) is 10.5. The summed E-state index contributed by atoms with van der Waals surface area (Å²) in [5.74, 6) is 0.707. The van der Waals surface area contributed by atoms with E-state index in [2.05, 4.69) is 10.1 Å². The van der Waals surface area contributed by atoms with Gasteiger partial charge in [-0.25, -0.2) is 4.79 Å². The fraction of sp³-hybridized carbons (Fsp3) is 0.133. The van der Waals surface area contributed by atoms with Gasteiger partial charge in [-0.3, -0.25) is 0 Å². The van der Waals surface area contributed by atoms with Gasteiger partial charge in [0.05, 0.1) is 17.0 Å². The lowest BCUT2D eigenvalue weighted by atomic mass is 10.2. The van der Waals surface area contributed by atoms with Gasteiger partial charge in [-0.05, 0) is 24.3 Å². The van der Waals surface area contributed by atoms with Crippen LogP contribution in [0.2, 0.25) is 4.34 Å². The molecular formula is C15H11ClN2O4S. The zero-order chi connectivity index (χ0) is 16.2. The van der Waals surface area contributed by atoms with Crippen LogP contribution in [0.1, 0.15) is 15.6 Å². The van der Waals surface area contributed by atoms with Crippen LogP contribution in [0.15, 0.2) is 40.9 Å². The topological polar surface area (TPSA) is 74.5 Å². The second-order valence-corrected chi connectivity index (χ2v) is 6.11. The van der Waals surface area contributed by atoms with Crippen molar-refractivity contribution in [2.24, 2.45) is 0 Å². The maximum atomic E-state index is 11.8. The van der Waals surface area contributed by atoms with Crippen molar-refractivity contribution in [3.63, 3.8) is 0 Å². The first-order chi connectivity index (χ1) is 11.2. The molecule has 2 heterocycles. The van der Waals surface area contributed by atoms with E-state index >= 15 is 0 Å². The quantitative estimate of drug-likeness (QED) is 0.651. The molecule has 23 heavy (non-hydrogen) atoms. The van der Waals surface area contributed by atoms with Crippen LogP contribution >= 0.6 is 22.9 Å². The first kappa shape index (κ1) is 15.5. The Morgan fingerprint density at radius 3 is 2.87 bits per heavy atom. The number of carbonyl (C=O) groups is 1. The molecule has 3 aromatic rings. The zero-order valence-corrected chi connectivity index (χ0v) is 13.6. The fourth-order valence-electron chi connectivity index (χ4n) is 1.87. The number of esters is 1. The Hall–Kier alpha value is -2.38. The second-order valence-electron chi connectivity index (χ2n) is 4.39. The van der Waals surface area contributed by atoms with Crippen LogP contribution < -0.4 is 4.74 Å². The number of nitrogens with zero attached hydrogens (tertiary/aromatic N) is 2. The Labute approximate surface area is 140 Å². The molecule has 0 aliphatic carbocycles. The molecule has 2 aromatic heterocycles. The van der Waals surface area contributed by atoms with Crippen molar-refractivity contribution in [1.29, 1.82) is 0 Å². The molecule has 6 nitrogen and oxygen atoms in total. The van der Waals surface area contributed by atoms with Gasteiger partial charge in [0, 0.05) is 0 Å². The maximum absolute atomic E-state index is 11.8. The molecule has 0 spiro atoms. The highest BCUT2D eigenvalue weighted by Crippen LogP contribution is 2.27. The number of para-hydroxylation sites is 1. The maximum Gasteiger partial charge on any atom is 0.348 e. The number of thiophene rings is 1. The highest BCUT2D eigenvalue weighted by atomic mass is 35.5. The molecule has 0 atom stereocenters. The van der Waals surface area contributed by atoms with Crippen molar-refractivity contribution in [3.8, 4) is 17.1 Å². The van der Waals surface area contributed by atoms with E-state index in [1.165, 1.54) is 0 Å². The number of ether oxygens (including phenoxy) is 2. The van der Waals surface area contributed by atoms with Crippen molar-refractivity contribution in [3.05, 3.63) is 51.5 Å². The first-order valence-electron chi connectivity index (χ1n) is 6.56. The summed E-state index contributed by atoms with van der Waals surface area (Å²) < 4.78 is 16.0. The molecule has 0 unspecified atom stereocenters. The van der Waals surface area contributed by atoms with Crippen LogP contribution in [-0.4, -0.2) is 23.2 Å². The van der Waals surface area contributed by atoms with Crippen LogP contribution in [0.5, 0.6) is 5.75 Å². The summed E-state index contributed by atoms with van der Waals surface area (Å²) in [7, 11) is 1.56. The average molecular weight is 351 g/mol. The van der Waals surface area contributed by atoms with Crippen molar-refractivity contribution in [2.75, 3.05) is 7.11 Å². The third-order valence-corrected chi connectivity index (χ3v) is 4.13. The smallest absolute Gasteiger partial charge is 0.348 e. The number of carbonyl (C=O) groups excluding carboxylic acids is 1. The van der Waals surface area contributed by atoms with E-state index in [1.807, 2.05) is 18.2 Å². The summed E-state index contributed by atoms with van der Waals surface area (Å²) in [6.07, 6.45) is 0. The van der Waals surface area contributed by atoms with Crippen molar-refractivity contribution in [1.82, 2.24) is 10.1 Å². The summed E-state index contributed by atoms with van der Waals surface area (Å²) in [5.41, 5.74) is 0.696. The van der Waals surface area contributed by atoms with Crippen LogP contribution in [0.4, 0.5) is 0 Å². The third-order valence-electron chi connectivity index (χ3n) is 2.92. The van der Waals surface area contributed by atoms with Crippen LogP contribution in [0, 0.1) is 0 Å².